The van der Waals surface area contributed by atoms with Crippen LogP contribution in [0.2, 0.25) is 0 Å². The minimum atomic E-state index is -4.75. The molecule has 0 amide bonds. The van der Waals surface area contributed by atoms with Gasteiger partial charge in [-0.15, -0.1) is 0 Å². The third kappa shape index (κ3) is 3.65. The molecule has 7 nitrogen and oxygen atoms in total. The number of fused-ring (bicyclic) bond motifs is 1. The molecule has 0 bridgehead atoms. The summed E-state index contributed by atoms with van der Waals surface area (Å²) in [7, 11) is -4.50. The van der Waals surface area contributed by atoms with E-state index in [9.17, 15) is 31.2 Å². The lowest BCUT2D eigenvalue weighted by Gasteiger charge is -2.17. The van der Waals surface area contributed by atoms with E-state index < -0.39 is 33.0 Å². The molecule has 164 valence electrons. The van der Waals surface area contributed by atoms with Crippen LogP contribution >= 0.6 is 0 Å². The van der Waals surface area contributed by atoms with E-state index in [0.29, 0.717) is 18.3 Å². The van der Waals surface area contributed by atoms with E-state index in [0.717, 1.165) is 24.5 Å². The van der Waals surface area contributed by atoms with Crippen molar-refractivity contribution >= 4 is 26.8 Å². The van der Waals surface area contributed by atoms with Crippen molar-refractivity contribution in [3.05, 3.63) is 60.2 Å². The minimum absolute atomic E-state index is 0.0696. The lowest BCUT2D eigenvalue weighted by molar-refractivity contribution is -0.147. The van der Waals surface area contributed by atoms with Gasteiger partial charge in [-0.3, -0.25) is 9.55 Å². The Morgan fingerprint density at radius 3 is 2.47 bits per heavy atom. The molecule has 0 spiro atoms. The van der Waals surface area contributed by atoms with Crippen LogP contribution in [0.4, 0.5) is 17.6 Å². The molecule has 1 aliphatic carbocycles. The van der Waals surface area contributed by atoms with Crippen LogP contribution in [-0.2, 0) is 10.0 Å². The highest BCUT2D eigenvalue weighted by Gasteiger charge is 2.39. The van der Waals surface area contributed by atoms with Crippen LogP contribution in [0, 0.1) is 17.1 Å². The molecule has 3 aromatic rings. The number of aromatic nitrogens is 3. The number of hydrogen-bond donors (Lipinski definition) is 1. The first kappa shape index (κ1) is 21.7. The monoisotopic (exact) mass is 463 g/mol. The molecule has 1 atom stereocenters. The molecule has 0 aliphatic heterocycles. The van der Waals surface area contributed by atoms with E-state index >= 15 is 0 Å². The van der Waals surface area contributed by atoms with Crippen LogP contribution < -0.4 is 4.72 Å². The molecular formula is C20H13F4N5O2S. The number of sulfonamides is 1. The number of nitrogens with zero attached hydrogens (tertiary/aromatic N) is 4. The first-order chi connectivity index (χ1) is 15.0. The number of pyridine rings is 2. The van der Waals surface area contributed by atoms with Gasteiger partial charge in [0.1, 0.15) is 28.5 Å². The second-order valence-corrected chi connectivity index (χ2v) is 8.62. The normalized spacial score (nSPS) is 14.7. The van der Waals surface area contributed by atoms with Gasteiger partial charge in [-0.05, 0) is 37.3 Å². The molecule has 0 radical (unpaired) electrons. The maximum Gasteiger partial charge on any atom is 0.404 e. The largest absolute Gasteiger partial charge is 0.404 e. The van der Waals surface area contributed by atoms with Crippen LogP contribution in [0.3, 0.4) is 0 Å². The third-order valence-corrected chi connectivity index (χ3v) is 6.32. The number of halogens is 4. The van der Waals surface area contributed by atoms with Crippen molar-refractivity contribution in [3.8, 4) is 17.5 Å². The summed E-state index contributed by atoms with van der Waals surface area (Å²) >= 11 is 0. The number of nitrogens with one attached hydrogen (secondary N) is 1. The number of allylic oxidation sites excluding steroid dienone is 4. The molecule has 1 unspecified atom stereocenters. The van der Waals surface area contributed by atoms with Crippen molar-refractivity contribution in [3.63, 3.8) is 0 Å². The lowest BCUT2D eigenvalue weighted by Crippen LogP contribution is -2.42. The number of alkyl halides is 3. The average molecular weight is 463 g/mol. The molecule has 1 N–H and O–H groups in total. The van der Waals surface area contributed by atoms with Crippen molar-refractivity contribution in [2.75, 3.05) is 0 Å². The van der Waals surface area contributed by atoms with Crippen LogP contribution in [0.25, 0.3) is 28.1 Å². The lowest BCUT2D eigenvalue weighted by atomic mass is 10.1. The minimum Gasteiger partial charge on any atom is -0.291 e. The fourth-order valence-electron chi connectivity index (χ4n) is 3.12. The zero-order valence-corrected chi connectivity index (χ0v) is 17.0. The van der Waals surface area contributed by atoms with E-state index in [1.54, 1.807) is 27.5 Å². The predicted octanol–water partition coefficient (Wildman–Crippen LogP) is 3.75. The third-order valence-electron chi connectivity index (χ3n) is 4.79. The Morgan fingerprint density at radius 1 is 1.22 bits per heavy atom. The Balaban J connectivity index is 1.82. The van der Waals surface area contributed by atoms with Crippen LogP contribution in [0.15, 0.2) is 53.7 Å². The first-order valence-corrected chi connectivity index (χ1v) is 10.6. The van der Waals surface area contributed by atoms with Gasteiger partial charge < -0.3 is 0 Å². The van der Waals surface area contributed by atoms with Gasteiger partial charge in [-0.2, -0.15) is 23.2 Å². The summed E-state index contributed by atoms with van der Waals surface area (Å²) in [6.45, 7) is 0.684. The fraction of sp³-hybridized carbons (Fsp3) is 0.150. The first-order valence-electron chi connectivity index (χ1n) is 9.07. The zero-order valence-electron chi connectivity index (χ0n) is 16.2. The highest BCUT2D eigenvalue weighted by molar-refractivity contribution is 7.89. The highest BCUT2D eigenvalue weighted by atomic mass is 32.2. The van der Waals surface area contributed by atoms with Crippen molar-refractivity contribution in [1.82, 2.24) is 19.3 Å². The van der Waals surface area contributed by atoms with Crippen molar-refractivity contribution in [1.29, 1.82) is 5.26 Å². The van der Waals surface area contributed by atoms with E-state index in [1.807, 2.05) is 6.07 Å². The number of hydrogen-bond acceptors (Lipinski definition) is 5. The topological polar surface area (TPSA) is 101 Å². The Bertz CT molecular complexity index is 1430. The Morgan fingerprint density at radius 2 is 1.94 bits per heavy atom. The van der Waals surface area contributed by atoms with Gasteiger partial charge >= 0.3 is 6.18 Å². The van der Waals surface area contributed by atoms with Crippen molar-refractivity contribution in [2.24, 2.45) is 0 Å². The van der Waals surface area contributed by atoms with Gasteiger partial charge in [-0.25, -0.2) is 17.8 Å². The molecule has 32 heavy (non-hydrogen) atoms. The van der Waals surface area contributed by atoms with E-state index in [2.05, 4.69) is 9.97 Å². The van der Waals surface area contributed by atoms with Crippen LogP contribution in [0.1, 0.15) is 12.5 Å². The molecule has 12 heteroatoms. The molecule has 0 fully saturated rings. The van der Waals surface area contributed by atoms with Gasteiger partial charge in [0.25, 0.3) is 0 Å². The Hall–Kier alpha value is -3.56. The summed E-state index contributed by atoms with van der Waals surface area (Å²) in [6.07, 6.45) is 2.35. The standard InChI is InChI=1S/C20H13F4N5O2S/c1-11(20(22,23)24)28-32(30,31)14-5-6-17(26-10-14)18-16(8-25)15-7-12(21)9-27-19(15)29(18)13-3-2-4-13/h2-7,9-11,28H,1H3. The maximum atomic E-state index is 13.8. The average Bonchev–Trinajstić information content (AvgIpc) is 2.99. The molecule has 0 saturated carbocycles. The SMILES string of the molecule is CC(NS(=O)(=O)c1ccc(-c2c(C#N)c3cc(F)cnc3n2C2=CC=C2)nc1)C(F)(F)F. The smallest absolute Gasteiger partial charge is 0.291 e. The van der Waals surface area contributed by atoms with Gasteiger partial charge in [0.15, 0.2) is 0 Å². The van der Waals surface area contributed by atoms with Gasteiger partial charge in [0.05, 0.1) is 23.1 Å². The molecule has 0 aromatic carbocycles. The summed E-state index contributed by atoms with van der Waals surface area (Å²) in [4.78, 5) is 7.66. The second kappa shape index (κ2) is 7.54. The van der Waals surface area contributed by atoms with Gasteiger partial charge in [0, 0.05) is 17.3 Å². The number of rotatable bonds is 5. The summed E-state index contributed by atoms with van der Waals surface area (Å²) < 4.78 is 79.7. The maximum absolute atomic E-state index is 13.8. The van der Waals surface area contributed by atoms with Crippen molar-refractivity contribution in [2.45, 2.75) is 24.0 Å². The molecular weight excluding hydrogens is 450 g/mol. The van der Waals surface area contributed by atoms with E-state index in [1.165, 1.54) is 6.07 Å². The number of nitriles is 1. The van der Waals surface area contributed by atoms with Crippen LogP contribution in [0.5, 0.6) is 0 Å². The Kier molecular flexibility index (Phi) is 5.10. The fourth-order valence-corrected chi connectivity index (χ4v) is 4.30. The van der Waals surface area contributed by atoms with E-state index in [4.69, 9.17) is 0 Å². The molecule has 1 aliphatic rings. The van der Waals surface area contributed by atoms with Gasteiger partial charge in [0.2, 0.25) is 10.0 Å². The second-order valence-electron chi connectivity index (χ2n) is 6.91. The quantitative estimate of drug-likeness (QED) is 0.581. The summed E-state index contributed by atoms with van der Waals surface area (Å²) in [5.41, 5.74) is 1.42. The molecule has 3 aromatic heterocycles. The zero-order chi connectivity index (χ0) is 23.3. The van der Waals surface area contributed by atoms with E-state index in [-0.39, 0.29) is 22.3 Å². The summed E-state index contributed by atoms with van der Waals surface area (Å²) in [5, 5.41) is 9.96. The summed E-state index contributed by atoms with van der Waals surface area (Å²) in [5.74, 6) is -0.643. The predicted molar refractivity (Wildman–Crippen MR) is 107 cm³/mol. The highest BCUT2D eigenvalue weighted by Crippen LogP contribution is 2.36. The molecule has 3 heterocycles. The van der Waals surface area contributed by atoms with Gasteiger partial charge in [-0.1, -0.05) is 6.08 Å². The molecule has 4 rings (SSSR count). The van der Waals surface area contributed by atoms with Crippen molar-refractivity contribution < 1.29 is 26.0 Å². The molecule has 0 saturated heterocycles. The Labute approximate surface area is 179 Å². The van der Waals surface area contributed by atoms with Crippen LogP contribution in [-0.4, -0.2) is 35.2 Å². The summed E-state index contributed by atoms with van der Waals surface area (Å²) in [6, 6.07) is 3.21.